The zero-order valence-electron chi connectivity index (χ0n) is 26.6. The third-order valence-electron chi connectivity index (χ3n) is 9.09. The fraction of sp³-hybridized carbons (Fsp3) is 0. The number of hydrogen-bond donors (Lipinski definition) is 0. The van der Waals surface area contributed by atoms with Crippen LogP contribution in [0.3, 0.4) is 0 Å². The van der Waals surface area contributed by atoms with Crippen molar-refractivity contribution < 1.29 is 4.42 Å². The summed E-state index contributed by atoms with van der Waals surface area (Å²) in [6, 6.07) is 63.4. The summed E-state index contributed by atoms with van der Waals surface area (Å²) in [6.45, 7) is 0. The molecule has 0 saturated heterocycles. The number of benzene rings is 7. The minimum atomic E-state index is 0.676. The summed E-state index contributed by atoms with van der Waals surface area (Å²) in [5, 5.41) is 2.21. The van der Waals surface area contributed by atoms with Crippen molar-refractivity contribution in [3.05, 3.63) is 182 Å². The van der Waals surface area contributed by atoms with E-state index in [0.29, 0.717) is 5.82 Å². The van der Waals surface area contributed by atoms with Gasteiger partial charge in [0.25, 0.3) is 0 Å². The maximum Gasteiger partial charge on any atom is 0.160 e. The number of para-hydroxylation sites is 1. The van der Waals surface area contributed by atoms with Gasteiger partial charge < -0.3 is 4.42 Å². The van der Waals surface area contributed by atoms with Crippen LogP contribution in [0.25, 0.3) is 89.2 Å². The molecule has 0 saturated carbocycles. The van der Waals surface area contributed by atoms with Gasteiger partial charge in [-0.1, -0.05) is 140 Å². The van der Waals surface area contributed by atoms with Gasteiger partial charge >= 0.3 is 0 Å². The van der Waals surface area contributed by atoms with Crippen LogP contribution in [0, 0.1) is 0 Å². The van der Waals surface area contributed by atoms with Crippen LogP contribution in [0.2, 0.25) is 0 Å². The third kappa shape index (κ3) is 5.58. The molecule has 0 radical (unpaired) electrons. The Kier molecular flexibility index (Phi) is 7.14. The van der Waals surface area contributed by atoms with E-state index in [4.69, 9.17) is 14.4 Å². The van der Waals surface area contributed by atoms with Crippen molar-refractivity contribution in [2.75, 3.05) is 0 Å². The lowest BCUT2D eigenvalue weighted by atomic mass is 9.93. The van der Waals surface area contributed by atoms with Crippen LogP contribution >= 0.6 is 0 Å². The Morgan fingerprint density at radius 1 is 0.286 bits per heavy atom. The summed E-state index contributed by atoms with van der Waals surface area (Å²) < 4.78 is 6.23. The molecular formula is C46H30N2O. The Hall–Kier alpha value is -6.58. The molecule has 9 aromatic rings. The summed E-state index contributed by atoms with van der Waals surface area (Å²) in [7, 11) is 0. The first-order chi connectivity index (χ1) is 24.2. The molecule has 0 N–H and O–H groups in total. The van der Waals surface area contributed by atoms with E-state index in [1.54, 1.807) is 0 Å². The summed E-state index contributed by atoms with van der Waals surface area (Å²) >= 11 is 0. The molecule has 0 bridgehead atoms. The minimum absolute atomic E-state index is 0.676. The summed E-state index contributed by atoms with van der Waals surface area (Å²) in [6.07, 6.45) is 0. The van der Waals surface area contributed by atoms with E-state index in [2.05, 4.69) is 146 Å². The molecule has 3 nitrogen and oxygen atoms in total. The molecule has 0 amide bonds. The molecule has 9 rings (SSSR count). The molecule has 2 aromatic heterocycles. The number of fused-ring (bicyclic) bond motifs is 3. The highest BCUT2D eigenvalue weighted by molar-refractivity contribution is 6.05. The second kappa shape index (κ2) is 12.2. The van der Waals surface area contributed by atoms with Crippen molar-refractivity contribution >= 4 is 21.9 Å². The van der Waals surface area contributed by atoms with Crippen LogP contribution in [0.15, 0.2) is 186 Å². The second-order valence-corrected chi connectivity index (χ2v) is 12.2. The molecule has 0 aliphatic rings. The van der Waals surface area contributed by atoms with Gasteiger partial charge in [-0.2, -0.15) is 0 Å². The molecule has 0 aliphatic heterocycles. The molecule has 230 valence electrons. The predicted octanol–water partition coefficient (Wildman–Crippen LogP) is 12.4. The Morgan fingerprint density at radius 3 is 1.35 bits per heavy atom. The molecule has 3 heteroatoms. The number of rotatable bonds is 6. The lowest BCUT2D eigenvalue weighted by molar-refractivity contribution is 0.669. The molecule has 0 atom stereocenters. The summed E-state index contributed by atoms with van der Waals surface area (Å²) in [5.74, 6) is 0.676. The van der Waals surface area contributed by atoms with Gasteiger partial charge in [0.05, 0.1) is 11.4 Å². The second-order valence-electron chi connectivity index (χ2n) is 12.2. The van der Waals surface area contributed by atoms with Gasteiger partial charge in [0.15, 0.2) is 5.82 Å². The lowest BCUT2D eigenvalue weighted by Gasteiger charge is -2.12. The number of furan rings is 1. The Balaban J connectivity index is 1.13. The highest BCUT2D eigenvalue weighted by atomic mass is 16.3. The number of hydrogen-bond acceptors (Lipinski definition) is 3. The first kappa shape index (κ1) is 28.6. The van der Waals surface area contributed by atoms with Gasteiger partial charge in [0, 0.05) is 27.5 Å². The van der Waals surface area contributed by atoms with Crippen molar-refractivity contribution in [3.8, 4) is 67.3 Å². The van der Waals surface area contributed by atoms with E-state index in [1.165, 1.54) is 22.3 Å². The SMILES string of the molecule is c1ccc(-c2cc(-c3ccccc3)cc(-c3ccc(-c4nc(-c5ccccc5)cc(-c5ccc6c(c5)oc5ccccc56)n4)cc3)c2)cc1. The predicted molar refractivity (Wildman–Crippen MR) is 202 cm³/mol. The molecule has 0 unspecified atom stereocenters. The van der Waals surface area contributed by atoms with E-state index in [9.17, 15) is 0 Å². The monoisotopic (exact) mass is 626 g/mol. The van der Waals surface area contributed by atoms with Crippen LogP contribution in [-0.4, -0.2) is 9.97 Å². The first-order valence-electron chi connectivity index (χ1n) is 16.5. The van der Waals surface area contributed by atoms with Crippen LogP contribution in [0.1, 0.15) is 0 Å². The molecule has 2 heterocycles. The fourth-order valence-electron chi connectivity index (χ4n) is 6.57. The molecular weight excluding hydrogens is 597 g/mol. The zero-order valence-corrected chi connectivity index (χ0v) is 26.6. The third-order valence-corrected chi connectivity index (χ3v) is 9.09. The van der Waals surface area contributed by atoms with E-state index < -0.39 is 0 Å². The molecule has 49 heavy (non-hydrogen) atoms. The van der Waals surface area contributed by atoms with Crippen molar-refractivity contribution in [1.29, 1.82) is 0 Å². The quantitative estimate of drug-likeness (QED) is 0.184. The molecule has 0 aliphatic carbocycles. The number of nitrogens with zero attached hydrogens (tertiary/aromatic N) is 2. The fourth-order valence-corrected chi connectivity index (χ4v) is 6.57. The van der Waals surface area contributed by atoms with Crippen molar-refractivity contribution in [2.45, 2.75) is 0 Å². The normalized spacial score (nSPS) is 11.3. The topological polar surface area (TPSA) is 38.9 Å². The Bertz CT molecular complexity index is 2510. The van der Waals surface area contributed by atoms with Gasteiger partial charge in [0.1, 0.15) is 11.2 Å². The Morgan fingerprint density at radius 2 is 0.735 bits per heavy atom. The van der Waals surface area contributed by atoms with Crippen molar-refractivity contribution in [1.82, 2.24) is 9.97 Å². The molecule has 0 fully saturated rings. The van der Waals surface area contributed by atoms with Crippen LogP contribution in [-0.2, 0) is 0 Å². The standard InChI is InChI=1S/C46H30N2O/c1-4-12-31(13-5-1)37-26-38(32-14-6-2-7-15-32)28-39(27-37)33-20-22-35(23-21-33)46-47-42(34-16-8-3-9-17-34)30-43(48-46)36-24-25-41-40-18-10-11-19-44(40)49-45(41)29-36/h1-30H. The molecule has 0 spiro atoms. The van der Waals surface area contributed by atoms with Crippen molar-refractivity contribution in [2.24, 2.45) is 0 Å². The van der Waals surface area contributed by atoms with Crippen LogP contribution in [0.5, 0.6) is 0 Å². The lowest BCUT2D eigenvalue weighted by Crippen LogP contribution is -1.96. The minimum Gasteiger partial charge on any atom is -0.456 e. The number of aromatic nitrogens is 2. The van der Waals surface area contributed by atoms with Gasteiger partial charge in [0.2, 0.25) is 0 Å². The average molecular weight is 627 g/mol. The smallest absolute Gasteiger partial charge is 0.160 e. The van der Waals surface area contributed by atoms with E-state index in [0.717, 1.165) is 61.1 Å². The van der Waals surface area contributed by atoms with E-state index in [-0.39, 0.29) is 0 Å². The van der Waals surface area contributed by atoms with Crippen molar-refractivity contribution in [3.63, 3.8) is 0 Å². The summed E-state index contributed by atoms with van der Waals surface area (Å²) in [4.78, 5) is 10.2. The van der Waals surface area contributed by atoms with Crippen LogP contribution < -0.4 is 0 Å². The Labute approximate surface area is 284 Å². The summed E-state index contributed by atoms with van der Waals surface area (Å²) in [5.41, 5.74) is 13.5. The van der Waals surface area contributed by atoms with E-state index >= 15 is 0 Å². The average Bonchev–Trinajstić information content (AvgIpc) is 3.57. The largest absolute Gasteiger partial charge is 0.456 e. The maximum absolute atomic E-state index is 6.23. The van der Waals surface area contributed by atoms with Crippen LogP contribution in [0.4, 0.5) is 0 Å². The molecule has 7 aromatic carbocycles. The van der Waals surface area contributed by atoms with Gasteiger partial charge in [-0.25, -0.2) is 9.97 Å². The highest BCUT2D eigenvalue weighted by Crippen LogP contribution is 2.36. The van der Waals surface area contributed by atoms with Gasteiger partial charge in [-0.15, -0.1) is 0 Å². The van der Waals surface area contributed by atoms with Gasteiger partial charge in [-0.3, -0.25) is 0 Å². The maximum atomic E-state index is 6.23. The highest BCUT2D eigenvalue weighted by Gasteiger charge is 2.14. The van der Waals surface area contributed by atoms with E-state index in [1.807, 2.05) is 36.4 Å². The first-order valence-corrected chi connectivity index (χ1v) is 16.5. The van der Waals surface area contributed by atoms with Gasteiger partial charge in [-0.05, 0) is 75.8 Å². The zero-order chi connectivity index (χ0) is 32.6.